The maximum Gasteiger partial charge on any atom is 0.248 e. The van der Waals surface area contributed by atoms with Crippen LogP contribution >= 0.6 is 0 Å². The van der Waals surface area contributed by atoms with Crippen LogP contribution in [-0.4, -0.2) is 23.7 Å². The van der Waals surface area contributed by atoms with Crippen molar-refractivity contribution in [2.24, 2.45) is 0 Å². The molecule has 0 aromatic rings. The molecule has 0 aromatic carbocycles. The van der Waals surface area contributed by atoms with Crippen LogP contribution in [0.2, 0.25) is 0 Å². The monoisotopic (exact) mass is 550 g/mol. The van der Waals surface area contributed by atoms with Gasteiger partial charge in [-0.3, -0.25) is 4.79 Å². The molecule has 1 atom stereocenters. The minimum absolute atomic E-state index is 0.169. The van der Waals surface area contributed by atoms with Gasteiger partial charge >= 0.3 is 0 Å². The largest absolute Gasteiger partial charge is 0.383 e. The highest BCUT2D eigenvalue weighted by molar-refractivity contribution is 5.80. The lowest BCUT2D eigenvalue weighted by Gasteiger charge is -2.11. The van der Waals surface area contributed by atoms with Crippen LogP contribution in [0, 0.1) is 0 Å². The van der Waals surface area contributed by atoms with Gasteiger partial charge in [0.05, 0.1) is 0 Å². The van der Waals surface area contributed by atoms with E-state index >= 15 is 0 Å². The molecule has 232 valence electrons. The number of rotatable bonds is 32. The van der Waals surface area contributed by atoms with Gasteiger partial charge in [0.25, 0.3) is 0 Å². The van der Waals surface area contributed by atoms with Crippen LogP contribution in [0.15, 0.2) is 12.2 Å². The molecule has 1 amide bonds. The lowest BCUT2D eigenvalue weighted by molar-refractivity contribution is -0.129. The van der Waals surface area contributed by atoms with Crippen molar-refractivity contribution in [1.29, 1.82) is 0 Å². The van der Waals surface area contributed by atoms with Crippen LogP contribution in [0.1, 0.15) is 200 Å². The van der Waals surface area contributed by atoms with E-state index in [1.807, 2.05) is 0 Å². The van der Waals surface area contributed by atoms with E-state index in [1.54, 1.807) is 0 Å². The van der Waals surface area contributed by atoms with Crippen LogP contribution in [0.5, 0.6) is 0 Å². The Balaban J connectivity index is 3.31. The Labute approximate surface area is 245 Å². The minimum Gasteiger partial charge on any atom is -0.383 e. The number of amides is 1. The van der Waals surface area contributed by atoms with Crippen molar-refractivity contribution in [3.8, 4) is 0 Å². The molecule has 0 aliphatic rings. The summed E-state index contributed by atoms with van der Waals surface area (Å²) in [6, 6.07) is 0. The Kier molecular flexibility index (Phi) is 32.7. The fraction of sp³-hybridized carbons (Fsp3) is 0.917. The summed E-state index contributed by atoms with van der Waals surface area (Å²) in [6.07, 6.45) is 41.3. The molecule has 0 aromatic heterocycles. The molecule has 0 aliphatic carbocycles. The molecule has 0 saturated heterocycles. The molecule has 0 bridgehead atoms. The summed E-state index contributed by atoms with van der Waals surface area (Å²) in [5, 5.41) is 13.1. The number of nitrogens with one attached hydrogen (secondary N) is 1. The molecule has 3 heteroatoms. The lowest BCUT2D eigenvalue weighted by Crippen LogP contribution is -2.35. The molecule has 39 heavy (non-hydrogen) atoms. The smallest absolute Gasteiger partial charge is 0.248 e. The predicted molar refractivity (Wildman–Crippen MR) is 173 cm³/mol. The summed E-state index contributed by atoms with van der Waals surface area (Å²) in [5.74, 6) is -0.169. The summed E-state index contributed by atoms with van der Waals surface area (Å²) in [6.45, 7) is 5.26. The highest BCUT2D eigenvalue weighted by atomic mass is 16.3. The van der Waals surface area contributed by atoms with Crippen molar-refractivity contribution >= 4 is 5.91 Å². The highest BCUT2D eigenvalue weighted by Gasteiger charge is 2.13. The molecule has 3 nitrogen and oxygen atoms in total. The van der Waals surface area contributed by atoms with Gasteiger partial charge in [-0.15, -0.1) is 0 Å². The molecule has 1 unspecified atom stereocenters. The topological polar surface area (TPSA) is 49.3 Å². The van der Waals surface area contributed by atoms with Crippen molar-refractivity contribution in [1.82, 2.24) is 5.32 Å². The van der Waals surface area contributed by atoms with Gasteiger partial charge in [-0.05, 0) is 38.5 Å². The number of allylic oxidation sites excluding steroid dienone is 2. The first kappa shape index (κ1) is 38.2. The van der Waals surface area contributed by atoms with Crippen LogP contribution < -0.4 is 5.32 Å². The van der Waals surface area contributed by atoms with Crippen molar-refractivity contribution in [3.63, 3.8) is 0 Å². The summed E-state index contributed by atoms with van der Waals surface area (Å²) >= 11 is 0. The Bertz CT molecular complexity index is 504. The average Bonchev–Trinajstić information content (AvgIpc) is 2.94. The van der Waals surface area contributed by atoms with E-state index in [2.05, 4.69) is 31.3 Å². The van der Waals surface area contributed by atoms with Crippen molar-refractivity contribution in [3.05, 3.63) is 12.2 Å². The Hall–Kier alpha value is -0.830. The zero-order valence-corrected chi connectivity index (χ0v) is 26.8. The standard InChI is InChI=1S/C36H71NO2/c1-3-5-7-9-11-13-15-17-19-20-22-24-26-28-30-32-34-37-36(39)35(38)33-31-29-27-25-23-21-18-16-14-12-10-8-6-4-2/h17,19,35,38H,3-16,18,20-34H2,1-2H3,(H,37,39). The maximum absolute atomic E-state index is 12.1. The van der Waals surface area contributed by atoms with Crippen LogP contribution in [0.25, 0.3) is 0 Å². The third-order valence-electron chi connectivity index (χ3n) is 8.12. The number of aliphatic hydroxyl groups excluding tert-OH is 1. The molecular formula is C36H71NO2. The van der Waals surface area contributed by atoms with Gasteiger partial charge in [0.15, 0.2) is 0 Å². The van der Waals surface area contributed by atoms with Crippen LogP contribution in [0.4, 0.5) is 0 Å². The quantitative estimate of drug-likeness (QED) is 0.0647. The van der Waals surface area contributed by atoms with E-state index in [0.717, 1.165) is 19.3 Å². The Morgan fingerprint density at radius 3 is 1.26 bits per heavy atom. The molecule has 0 saturated carbocycles. The third kappa shape index (κ3) is 31.6. The molecular weight excluding hydrogens is 478 g/mol. The first-order chi connectivity index (χ1) is 19.2. The number of hydrogen-bond donors (Lipinski definition) is 2. The van der Waals surface area contributed by atoms with Gasteiger partial charge < -0.3 is 10.4 Å². The second-order valence-corrected chi connectivity index (χ2v) is 12.1. The summed E-state index contributed by atoms with van der Waals surface area (Å²) in [7, 11) is 0. The zero-order chi connectivity index (χ0) is 28.5. The van der Waals surface area contributed by atoms with E-state index in [0.29, 0.717) is 13.0 Å². The molecule has 0 spiro atoms. The van der Waals surface area contributed by atoms with E-state index in [4.69, 9.17) is 0 Å². The average molecular weight is 550 g/mol. The lowest BCUT2D eigenvalue weighted by atomic mass is 10.0. The fourth-order valence-electron chi connectivity index (χ4n) is 5.37. The van der Waals surface area contributed by atoms with E-state index in [1.165, 1.54) is 161 Å². The number of hydrogen-bond acceptors (Lipinski definition) is 2. The molecule has 0 fully saturated rings. The molecule has 0 heterocycles. The van der Waals surface area contributed by atoms with Gasteiger partial charge in [0, 0.05) is 6.54 Å². The van der Waals surface area contributed by atoms with Crippen molar-refractivity contribution in [2.75, 3.05) is 6.54 Å². The number of aliphatic hydroxyl groups is 1. The van der Waals surface area contributed by atoms with E-state index in [-0.39, 0.29) is 5.91 Å². The van der Waals surface area contributed by atoms with Gasteiger partial charge in [0.1, 0.15) is 6.10 Å². The van der Waals surface area contributed by atoms with E-state index < -0.39 is 6.10 Å². The van der Waals surface area contributed by atoms with Gasteiger partial charge in [-0.2, -0.15) is 0 Å². The van der Waals surface area contributed by atoms with Crippen molar-refractivity contribution < 1.29 is 9.90 Å². The predicted octanol–water partition coefficient (Wildman–Crippen LogP) is 11.4. The normalized spacial score (nSPS) is 12.4. The van der Waals surface area contributed by atoms with Gasteiger partial charge in [0.2, 0.25) is 5.91 Å². The summed E-state index contributed by atoms with van der Waals surface area (Å²) < 4.78 is 0. The van der Waals surface area contributed by atoms with Gasteiger partial charge in [-0.25, -0.2) is 0 Å². The molecule has 0 aliphatic heterocycles. The fourth-order valence-corrected chi connectivity index (χ4v) is 5.37. The maximum atomic E-state index is 12.1. The summed E-state index contributed by atoms with van der Waals surface area (Å²) in [5.41, 5.74) is 0. The second-order valence-electron chi connectivity index (χ2n) is 12.1. The van der Waals surface area contributed by atoms with E-state index in [9.17, 15) is 9.90 Å². The third-order valence-corrected chi connectivity index (χ3v) is 8.12. The highest BCUT2D eigenvalue weighted by Crippen LogP contribution is 2.14. The van der Waals surface area contributed by atoms with Crippen molar-refractivity contribution in [2.45, 2.75) is 206 Å². The summed E-state index contributed by atoms with van der Waals surface area (Å²) in [4.78, 5) is 12.1. The Morgan fingerprint density at radius 1 is 0.513 bits per heavy atom. The number of unbranched alkanes of at least 4 members (excludes halogenated alkanes) is 25. The minimum atomic E-state index is -0.823. The number of carbonyl (C=O) groups is 1. The SMILES string of the molecule is CCCCCCCCC=CCCCCCCCCNC(=O)C(O)CCCCCCCCCCCCCCCC. The first-order valence-corrected chi connectivity index (χ1v) is 17.8. The molecule has 0 radical (unpaired) electrons. The van der Waals surface area contributed by atoms with Crippen LogP contribution in [0.3, 0.4) is 0 Å². The zero-order valence-electron chi connectivity index (χ0n) is 26.8. The van der Waals surface area contributed by atoms with Crippen LogP contribution in [-0.2, 0) is 4.79 Å². The second kappa shape index (κ2) is 33.4. The Morgan fingerprint density at radius 2 is 0.846 bits per heavy atom. The number of carbonyl (C=O) groups excluding carboxylic acids is 1. The first-order valence-electron chi connectivity index (χ1n) is 17.8. The molecule has 0 rings (SSSR count). The van der Waals surface area contributed by atoms with Gasteiger partial charge in [-0.1, -0.05) is 174 Å². The molecule has 2 N–H and O–H groups in total.